The molecule has 0 saturated heterocycles. The second-order valence-electron chi connectivity index (χ2n) is 5.46. The normalized spacial score (nSPS) is 23.9. The third kappa shape index (κ3) is 3.87. The molecule has 0 unspecified atom stereocenters. The van der Waals surface area contributed by atoms with Crippen molar-refractivity contribution in [1.29, 1.82) is 0 Å². The first-order chi connectivity index (χ1) is 8.31. The van der Waals surface area contributed by atoms with Gasteiger partial charge in [0.1, 0.15) is 5.84 Å². The fraction of sp³-hybridized carbons (Fsp3) is 0.923. The predicted octanol–water partition coefficient (Wildman–Crippen LogP) is 2.31. The molecule has 0 heterocycles. The topological polar surface area (TPSA) is 61.8 Å². The molecule has 98 valence electrons. The van der Waals surface area contributed by atoms with Crippen LogP contribution in [-0.4, -0.2) is 34.6 Å². The number of oxime groups is 1. The Bertz CT molecular complexity index is 255. The van der Waals surface area contributed by atoms with E-state index in [1.54, 1.807) is 0 Å². The molecule has 4 heteroatoms. The van der Waals surface area contributed by atoms with Crippen LogP contribution in [0.1, 0.15) is 57.8 Å². The van der Waals surface area contributed by atoms with Crippen LogP contribution in [0, 0.1) is 0 Å². The van der Waals surface area contributed by atoms with Crippen molar-refractivity contribution in [2.75, 3.05) is 6.54 Å². The Balaban J connectivity index is 1.86. The number of rotatable bonds is 5. The highest BCUT2D eigenvalue weighted by Crippen LogP contribution is 2.33. The second kappa shape index (κ2) is 6.24. The van der Waals surface area contributed by atoms with Crippen LogP contribution in [-0.2, 0) is 0 Å². The number of nitrogens with two attached hydrogens (primary N) is 1. The van der Waals surface area contributed by atoms with E-state index in [4.69, 9.17) is 10.9 Å². The average molecular weight is 239 g/mol. The summed E-state index contributed by atoms with van der Waals surface area (Å²) in [6.45, 7) is 0.964. The molecule has 0 spiro atoms. The zero-order valence-electron chi connectivity index (χ0n) is 10.6. The molecule has 0 aliphatic heterocycles. The number of nitrogens with zero attached hydrogens (tertiary/aromatic N) is 2. The highest BCUT2D eigenvalue weighted by Gasteiger charge is 2.33. The maximum absolute atomic E-state index is 8.60. The molecule has 0 aromatic rings. The van der Waals surface area contributed by atoms with E-state index < -0.39 is 0 Å². The van der Waals surface area contributed by atoms with Crippen LogP contribution in [0.15, 0.2) is 5.16 Å². The van der Waals surface area contributed by atoms with Crippen molar-refractivity contribution in [1.82, 2.24) is 4.90 Å². The Morgan fingerprint density at radius 3 is 2.18 bits per heavy atom. The van der Waals surface area contributed by atoms with Gasteiger partial charge in [-0.2, -0.15) is 0 Å². The molecule has 0 aromatic heterocycles. The van der Waals surface area contributed by atoms with Gasteiger partial charge in [-0.25, -0.2) is 0 Å². The van der Waals surface area contributed by atoms with Gasteiger partial charge in [-0.05, 0) is 25.7 Å². The maximum Gasteiger partial charge on any atom is 0.140 e. The first-order valence-electron chi connectivity index (χ1n) is 7.03. The lowest BCUT2D eigenvalue weighted by atomic mass is 10.1. The maximum atomic E-state index is 8.60. The molecule has 2 saturated carbocycles. The van der Waals surface area contributed by atoms with Gasteiger partial charge in [-0.1, -0.05) is 30.8 Å². The van der Waals surface area contributed by atoms with E-state index in [0.29, 0.717) is 12.3 Å². The van der Waals surface area contributed by atoms with Crippen LogP contribution in [0.2, 0.25) is 0 Å². The van der Waals surface area contributed by atoms with Gasteiger partial charge in [0.2, 0.25) is 0 Å². The summed E-state index contributed by atoms with van der Waals surface area (Å²) in [6, 6.07) is 1.53. The minimum absolute atomic E-state index is 0.365. The zero-order valence-corrected chi connectivity index (χ0v) is 10.6. The number of hydrogen-bond donors (Lipinski definition) is 2. The monoisotopic (exact) mass is 239 g/mol. The SMILES string of the molecule is NC(CCN(C1CCCCCC1)C1CC1)=NO. The standard InChI is InChI=1S/C13H25N3O/c14-13(15-17)9-10-16(12-7-8-12)11-5-3-1-2-4-6-11/h11-12,17H,1-10H2,(H2,14,15). The van der Waals surface area contributed by atoms with E-state index in [-0.39, 0.29) is 0 Å². The molecule has 2 fully saturated rings. The quantitative estimate of drug-likeness (QED) is 0.254. The molecule has 2 aliphatic carbocycles. The summed E-state index contributed by atoms with van der Waals surface area (Å²) in [5, 5.41) is 11.7. The Morgan fingerprint density at radius 1 is 1.06 bits per heavy atom. The summed E-state index contributed by atoms with van der Waals surface area (Å²) in [6.07, 6.45) is 11.6. The largest absolute Gasteiger partial charge is 0.409 e. The lowest BCUT2D eigenvalue weighted by Crippen LogP contribution is -2.39. The van der Waals surface area contributed by atoms with Crippen molar-refractivity contribution >= 4 is 5.84 Å². The Kier molecular flexibility index (Phi) is 4.66. The van der Waals surface area contributed by atoms with Crippen molar-refractivity contribution in [2.24, 2.45) is 10.9 Å². The molecule has 0 atom stereocenters. The van der Waals surface area contributed by atoms with Crippen molar-refractivity contribution in [2.45, 2.75) is 69.9 Å². The van der Waals surface area contributed by atoms with Gasteiger partial charge in [0, 0.05) is 25.0 Å². The molecule has 4 nitrogen and oxygen atoms in total. The third-order valence-electron chi connectivity index (χ3n) is 4.06. The summed E-state index contributed by atoms with van der Waals surface area (Å²) in [5.74, 6) is 0.365. The lowest BCUT2D eigenvalue weighted by Gasteiger charge is -2.31. The van der Waals surface area contributed by atoms with Gasteiger partial charge in [-0.3, -0.25) is 4.90 Å². The van der Waals surface area contributed by atoms with Gasteiger partial charge >= 0.3 is 0 Å². The van der Waals surface area contributed by atoms with Crippen LogP contribution in [0.5, 0.6) is 0 Å². The van der Waals surface area contributed by atoms with Gasteiger partial charge in [0.15, 0.2) is 0 Å². The van der Waals surface area contributed by atoms with E-state index in [1.165, 1.54) is 51.4 Å². The van der Waals surface area contributed by atoms with Crippen LogP contribution in [0.3, 0.4) is 0 Å². The van der Waals surface area contributed by atoms with Gasteiger partial charge < -0.3 is 10.9 Å². The van der Waals surface area contributed by atoms with Gasteiger partial charge in [0.25, 0.3) is 0 Å². The molecule has 0 aromatic carbocycles. The summed E-state index contributed by atoms with van der Waals surface area (Å²) >= 11 is 0. The summed E-state index contributed by atoms with van der Waals surface area (Å²) < 4.78 is 0. The highest BCUT2D eigenvalue weighted by atomic mass is 16.4. The average Bonchev–Trinajstić information content (AvgIpc) is 3.16. The summed E-state index contributed by atoms with van der Waals surface area (Å²) in [7, 11) is 0. The van der Waals surface area contributed by atoms with E-state index in [9.17, 15) is 0 Å². The van der Waals surface area contributed by atoms with Crippen LogP contribution in [0.4, 0.5) is 0 Å². The predicted molar refractivity (Wildman–Crippen MR) is 69.2 cm³/mol. The first-order valence-corrected chi connectivity index (χ1v) is 7.03. The molecule has 0 bridgehead atoms. The van der Waals surface area contributed by atoms with E-state index in [1.807, 2.05) is 0 Å². The van der Waals surface area contributed by atoms with Crippen molar-refractivity contribution in [3.63, 3.8) is 0 Å². The Morgan fingerprint density at radius 2 is 1.65 bits per heavy atom. The smallest absolute Gasteiger partial charge is 0.140 e. The van der Waals surface area contributed by atoms with E-state index >= 15 is 0 Å². The van der Waals surface area contributed by atoms with Gasteiger partial charge in [-0.15, -0.1) is 0 Å². The van der Waals surface area contributed by atoms with Crippen LogP contribution >= 0.6 is 0 Å². The minimum Gasteiger partial charge on any atom is -0.409 e. The Hall–Kier alpha value is -0.770. The molecular formula is C13H25N3O. The van der Waals surface area contributed by atoms with Crippen molar-refractivity contribution < 1.29 is 5.21 Å². The number of amidine groups is 1. The minimum atomic E-state index is 0.365. The molecule has 0 radical (unpaired) electrons. The first kappa shape index (κ1) is 12.7. The lowest BCUT2D eigenvalue weighted by molar-refractivity contribution is 0.173. The zero-order chi connectivity index (χ0) is 12.1. The fourth-order valence-corrected chi connectivity index (χ4v) is 2.95. The summed E-state index contributed by atoms with van der Waals surface area (Å²) in [4.78, 5) is 2.63. The van der Waals surface area contributed by atoms with E-state index in [0.717, 1.165) is 18.6 Å². The van der Waals surface area contributed by atoms with Crippen LogP contribution in [0.25, 0.3) is 0 Å². The molecule has 3 N–H and O–H groups in total. The summed E-state index contributed by atoms with van der Waals surface area (Å²) in [5.41, 5.74) is 5.58. The van der Waals surface area contributed by atoms with Crippen molar-refractivity contribution in [3.05, 3.63) is 0 Å². The van der Waals surface area contributed by atoms with E-state index in [2.05, 4.69) is 10.1 Å². The fourth-order valence-electron chi connectivity index (χ4n) is 2.95. The molecular weight excluding hydrogens is 214 g/mol. The molecule has 17 heavy (non-hydrogen) atoms. The molecule has 0 amide bonds. The second-order valence-corrected chi connectivity index (χ2v) is 5.46. The highest BCUT2D eigenvalue weighted by molar-refractivity contribution is 5.79. The Labute approximate surface area is 104 Å². The molecule has 2 aliphatic rings. The van der Waals surface area contributed by atoms with Gasteiger partial charge in [0.05, 0.1) is 0 Å². The van der Waals surface area contributed by atoms with Crippen molar-refractivity contribution in [3.8, 4) is 0 Å². The van der Waals surface area contributed by atoms with Crippen LogP contribution < -0.4 is 5.73 Å². The number of hydrogen-bond acceptors (Lipinski definition) is 3. The molecule has 2 rings (SSSR count). The third-order valence-corrected chi connectivity index (χ3v) is 4.06.